The fourth-order valence-electron chi connectivity index (χ4n) is 1.99. The fourth-order valence-corrected chi connectivity index (χ4v) is 1.99. The maximum atomic E-state index is 12.4. The van der Waals surface area contributed by atoms with Crippen molar-refractivity contribution in [2.45, 2.75) is 31.8 Å². The van der Waals surface area contributed by atoms with Crippen LogP contribution in [0.25, 0.3) is 0 Å². The van der Waals surface area contributed by atoms with E-state index in [1.807, 2.05) is 6.92 Å². The largest absolute Gasteiger partial charge is 0.479 e. The molecule has 0 aliphatic carbocycles. The Labute approximate surface area is 100 Å². The number of ether oxygens (including phenoxy) is 2. The lowest BCUT2D eigenvalue weighted by Crippen LogP contribution is -2.41. The second-order valence-corrected chi connectivity index (χ2v) is 4.28. The third kappa shape index (κ3) is 2.29. The quantitative estimate of drug-likeness (QED) is 0.746. The first-order valence-electron chi connectivity index (χ1n) is 5.71. The first-order valence-corrected chi connectivity index (χ1v) is 5.71. The van der Waals surface area contributed by atoms with Gasteiger partial charge >= 0.3 is 0 Å². The van der Waals surface area contributed by atoms with Crippen molar-refractivity contribution in [3.05, 3.63) is 18.1 Å². The Morgan fingerprint density at radius 2 is 2.18 bits per heavy atom. The summed E-state index contributed by atoms with van der Waals surface area (Å²) in [6.07, 6.45) is 5.69. The zero-order valence-corrected chi connectivity index (χ0v) is 10.1. The molecule has 1 aliphatic rings. The summed E-state index contributed by atoms with van der Waals surface area (Å²) >= 11 is 0. The minimum Gasteiger partial charge on any atom is -0.479 e. The predicted molar refractivity (Wildman–Crippen MR) is 61.1 cm³/mol. The van der Waals surface area contributed by atoms with E-state index in [4.69, 9.17) is 9.47 Å². The van der Waals surface area contributed by atoms with Crippen molar-refractivity contribution in [1.29, 1.82) is 0 Å². The monoisotopic (exact) mass is 236 g/mol. The van der Waals surface area contributed by atoms with Crippen molar-refractivity contribution in [1.82, 2.24) is 9.97 Å². The van der Waals surface area contributed by atoms with Crippen molar-refractivity contribution in [2.75, 3.05) is 13.7 Å². The molecule has 1 aromatic rings. The third-order valence-corrected chi connectivity index (χ3v) is 3.02. The van der Waals surface area contributed by atoms with Crippen LogP contribution in [0.3, 0.4) is 0 Å². The number of aromatic nitrogens is 2. The van der Waals surface area contributed by atoms with Gasteiger partial charge in [0.05, 0.1) is 7.11 Å². The van der Waals surface area contributed by atoms with Crippen LogP contribution in [-0.2, 0) is 4.74 Å². The van der Waals surface area contributed by atoms with Gasteiger partial charge in [0.2, 0.25) is 11.7 Å². The number of carbonyl (C=O) groups is 1. The summed E-state index contributed by atoms with van der Waals surface area (Å²) in [5.41, 5.74) is -0.541. The van der Waals surface area contributed by atoms with Crippen LogP contribution in [0.5, 0.6) is 5.88 Å². The van der Waals surface area contributed by atoms with E-state index in [1.165, 1.54) is 19.5 Å². The van der Waals surface area contributed by atoms with E-state index in [9.17, 15) is 4.79 Å². The lowest BCUT2D eigenvalue weighted by molar-refractivity contribution is -0.0430. The van der Waals surface area contributed by atoms with Crippen LogP contribution in [0.4, 0.5) is 0 Å². The van der Waals surface area contributed by atoms with E-state index in [0.29, 0.717) is 13.0 Å². The van der Waals surface area contributed by atoms with Gasteiger partial charge in [-0.25, -0.2) is 9.97 Å². The van der Waals surface area contributed by atoms with Gasteiger partial charge < -0.3 is 9.47 Å². The number of carbonyl (C=O) groups excluding carboxylic acids is 1. The smallest absolute Gasteiger partial charge is 0.243 e. The molecule has 0 saturated carbocycles. The molecule has 0 N–H and O–H groups in total. The van der Waals surface area contributed by atoms with E-state index in [0.717, 1.165) is 12.8 Å². The highest BCUT2D eigenvalue weighted by atomic mass is 16.5. The molecule has 5 heteroatoms. The van der Waals surface area contributed by atoms with Gasteiger partial charge in [0.25, 0.3) is 0 Å². The van der Waals surface area contributed by atoms with E-state index in [1.54, 1.807) is 0 Å². The van der Waals surface area contributed by atoms with Crippen molar-refractivity contribution in [2.24, 2.45) is 0 Å². The molecule has 1 saturated heterocycles. The van der Waals surface area contributed by atoms with Gasteiger partial charge in [-0.2, -0.15) is 0 Å². The van der Waals surface area contributed by atoms with Crippen molar-refractivity contribution in [3.63, 3.8) is 0 Å². The van der Waals surface area contributed by atoms with Crippen molar-refractivity contribution >= 4 is 5.78 Å². The SMILES string of the molecule is COc1nccnc1C(=O)C1(C)CCCCO1. The van der Waals surface area contributed by atoms with Gasteiger partial charge in [-0.3, -0.25) is 4.79 Å². The van der Waals surface area contributed by atoms with Crippen LogP contribution < -0.4 is 4.74 Å². The molecule has 2 heterocycles. The lowest BCUT2D eigenvalue weighted by atomic mass is 9.90. The molecular weight excluding hydrogens is 220 g/mol. The predicted octanol–water partition coefficient (Wildman–Crippen LogP) is 1.63. The second kappa shape index (κ2) is 4.79. The summed E-state index contributed by atoms with van der Waals surface area (Å²) < 4.78 is 10.7. The first-order chi connectivity index (χ1) is 8.17. The normalized spacial score (nSPS) is 24.4. The average Bonchev–Trinajstić information content (AvgIpc) is 2.38. The number of rotatable bonds is 3. The number of Topliss-reactive ketones (excluding diaryl/α,β-unsaturated/α-hetero) is 1. The topological polar surface area (TPSA) is 61.3 Å². The second-order valence-electron chi connectivity index (χ2n) is 4.28. The maximum Gasteiger partial charge on any atom is 0.243 e. The number of hydrogen-bond donors (Lipinski definition) is 0. The Bertz CT molecular complexity index is 414. The Morgan fingerprint density at radius 1 is 1.41 bits per heavy atom. The Morgan fingerprint density at radius 3 is 2.82 bits per heavy atom. The highest BCUT2D eigenvalue weighted by molar-refractivity contribution is 6.02. The third-order valence-electron chi connectivity index (χ3n) is 3.02. The molecule has 1 atom stereocenters. The molecule has 1 aliphatic heterocycles. The average molecular weight is 236 g/mol. The zero-order valence-electron chi connectivity index (χ0n) is 10.1. The molecule has 0 spiro atoms. The van der Waals surface area contributed by atoms with Crippen LogP contribution in [0.15, 0.2) is 12.4 Å². The summed E-state index contributed by atoms with van der Waals surface area (Å²) in [7, 11) is 1.48. The van der Waals surface area contributed by atoms with Crippen LogP contribution >= 0.6 is 0 Å². The molecule has 1 unspecified atom stereocenters. The summed E-state index contributed by atoms with van der Waals surface area (Å²) in [4.78, 5) is 20.4. The molecule has 0 bridgehead atoms. The Kier molecular flexibility index (Phi) is 3.38. The first kappa shape index (κ1) is 12.0. The van der Waals surface area contributed by atoms with Crippen LogP contribution in [-0.4, -0.2) is 35.1 Å². The van der Waals surface area contributed by atoms with Gasteiger partial charge in [-0.15, -0.1) is 0 Å². The lowest BCUT2D eigenvalue weighted by Gasteiger charge is -2.32. The van der Waals surface area contributed by atoms with Crippen molar-refractivity contribution in [3.8, 4) is 5.88 Å². The maximum absolute atomic E-state index is 12.4. The highest BCUT2D eigenvalue weighted by Gasteiger charge is 2.39. The number of nitrogens with zero attached hydrogens (tertiary/aromatic N) is 2. The van der Waals surface area contributed by atoms with Gasteiger partial charge in [0.15, 0.2) is 5.69 Å². The Hall–Kier alpha value is -1.49. The number of methoxy groups -OCH3 is 1. The van der Waals surface area contributed by atoms with Gasteiger partial charge in [-0.05, 0) is 26.2 Å². The summed E-state index contributed by atoms with van der Waals surface area (Å²) in [5, 5.41) is 0. The van der Waals surface area contributed by atoms with Crippen LogP contribution in [0.1, 0.15) is 36.7 Å². The van der Waals surface area contributed by atoms with Crippen LogP contribution in [0.2, 0.25) is 0 Å². The molecule has 2 rings (SSSR count). The summed E-state index contributed by atoms with van der Waals surface area (Å²) in [6, 6.07) is 0. The minimum absolute atomic E-state index is 0.151. The molecule has 0 radical (unpaired) electrons. The fraction of sp³-hybridized carbons (Fsp3) is 0.583. The van der Waals surface area contributed by atoms with Gasteiger partial charge in [0.1, 0.15) is 5.60 Å². The Balaban J connectivity index is 2.29. The standard InChI is InChI=1S/C12H16N2O3/c1-12(5-3-4-8-17-12)10(15)9-11(16-2)14-7-6-13-9/h6-7H,3-5,8H2,1-2H3. The van der Waals surface area contributed by atoms with E-state index in [2.05, 4.69) is 9.97 Å². The molecule has 17 heavy (non-hydrogen) atoms. The molecule has 1 fully saturated rings. The van der Waals surface area contributed by atoms with Gasteiger partial charge in [-0.1, -0.05) is 0 Å². The van der Waals surface area contributed by atoms with E-state index >= 15 is 0 Å². The molecule has 0 amide bonds. The molecule has 92 valence electrons. The molecule has 1 aromatic heterocycles. The molecular formula is C12H16N2O3. The minimum atomic E-state index is -0.790. The van der Waals surface area contributed by atoms with E-state index < -0.39 is 5.60 Å². The van der Waals surface area contributed by atoms with Gasteiger partial charge in [0, 0.05) is 19.0 Å². The highest BCUT2D eigenvalue weighted by Crippen LogP contribution is 2.29. The van der Waals surface area contributed by atoms with E-state index in [-0.39, 0.29) is 17.4 Å². The van der Waals surface area contributed by atoms with Crippen molar-refractivity contribution < 1.29 is 14.3 Å². The molecule has 0 aromatic carbocycles. The summed E-state index contributed by atoms with van der Waals surface area (Å²) in [6.45, 7) is 2.42. The summed E-state index contributed by atoms with van der Waals surface area (Å²) in [5.74, 6) is 0.107. The number of ketones is 1. The molecule has 5 nitrogen and oxygen atoms in total. The number of hydrogen-bond acceptors (Lipinski definition) is 5. The van der Waals surface area contributed by atoms with Crippen LogP contribution in [0, 0.1) is 0 Å². The zero-order chi connectivity index (χ0) is 12.3.